The van der Waals surface area contributed by atoms with Crippen LogP contribution in [0.2, 0.25) is 0 Å². The average molecular weight is 269 g/mol. The van der Waals surface area contributed by atoms with Gasteiger partial charge in [0.2, 0.25) is 0 Å². The molecule has 19 heavy (non-hydrogen) atoms. The lowest BCUT2D eigenvalue weighted by Crippen LogP contribution is -2.40. The van der Waals surface area contributed by atoms with E-state index in [0.717, 1.165) is 24.4 Å². The van der Waals surface area contributed by atoms with Crippen molar-refractivity contribution in [1.29, 1.82) is 0 Å². The number of halogens is 2. The number of aliphatic hydroxyl groups excluding tert-OH is 1. The van der Waals surface area contributed by atoms with E-state index in [1.807, 2.05) is 11.0 Å². The van der Waals surface area contributed by atoms with Gasteiger partial charge in [0.1, 0.15) is 12.1 Å². The number of anilines is 1. The summed E-state index contributed by atoms with van der Waals surface area (Å²) in [5.74, 6) is -1.53. The first kappa shape index (κ1) is 12.7. The molecular weight excluding hydrogens is 252 g/mol. The molecule has 6 heteroatoms. The molecule has 0 amide bonds. The van der Waals surface area contributed by atoms with Crippen molar-refractivity contribution >= 4 is 5.82 Å². The van der Waals surface area contributed by atoms with Crippen molar-refractivity contribution in [2.24, 2.45) is 0 Å². The summed E-state index contributed by atoms with van der Waals surface area (Å²) in [4.78, 5) is 10.3. The van der Waals surface area contributed by atoms with Gasteiger partial charge >= 0.3 is 0 Å². The molecule has 0 atom stereocenters. The van der Waals surface area contributed by atoms with Gasteiger partial charge < -0.3 is 10.0 Å². The molecule has 1 aliphatic heterocycles. The fourth-order valence-corrected chi connectivity index (χ4v) is 2.65. The van der Waals surface area contributed by atoms with Crippen LogP contribution in [0, 0.1) is 0 Å². The second-order valence-corrected chi connectivity index (χ2v) is 5.47. The van der Waals surface area contributed by atoms with Crippen LogP contribution in [0.1, 0.15) is 37.3 Å². The van der Waals surface area contributed by atoms with Crippen molar-refractivity contribution in [3.8, 4) is 0 Å². The van der Waals surface area contributed by atoms with Gasteiger partial charge in [0.15, 0.2) is 0 Å². The molecule has 0 radical (unpaired) electrons. The maximum Gasteiger partial charge on any atom is 0.251 e. The van der Waals surface area contributed by atoms with Crippen LogP contribution in [0.5, 0.6) is 0 Å². The molecule has 1 saturated heterocycles. The first-order valence-electron chi connectivity index (χ1n) is 6.66. The Morgan fingerprint density at radius 1 is 1.21 bits per heavy atom. The zero-order chi connectivity index (χ0) is 13.5. The second kappa shape index (κ2) is 4.67. The fourth-order valence-electron chi connectivity index (χ4n) is 2.65. The van der Waals surface area contributed by atoms with Crippen LogP contribution in [0.4, 0.5) is 14.6 Å². The summed E-state index contributed by atoms with van der Waals surface area (Å²) in [6, 6.07) is 1.88. The summed E-state index contributed by atoms with van der Waals surface area (Å²) >= 11 is 0. The Hall–Kier alpha value is -1.30. The summed E-state index contributed by atoms with van der Waals surface area (Å²) in [5.41, 5.74) is 0.910. The molecule has 1 aromatic rings. The SMILES string of the molecule is OC1CC(c2cc(N3CCC(F)(F)CC3)ncn2)C1. The molecule has 1 N–H and O–H groups in total. The summed E-state index contributed by atoms with van der Waals surface area (Å²) < 4.78 is 26.2. The van der Waals surface area contributed by atoms with E-state index < -0.39 is 5.92 Å². The molecule has 104 valence electrons. The van der Waals surface area contributed by atoms with Crippen LogP contribution >= 0.6 is 0 Å². The second-order valence-electron chi connectivity index (χ2n) is 5.47. The van der Waals surface area contributed by atoms with Crippen LogP contribution in [-0.2, 0) is 0 Å². The standard InChI is InChI=1S/C13H17F2N3O/c14-13(15)1-3-18(4-2-13)12-7-11(16-8-17-12)9-5-10(19)6-9/h7-10,19H,1-6H2. The highest BCUT2D eigenvalue weighted by Gasteiger charge is 2.35. The number of alkyl halides is 2. The number of hydrogen-bond donors (Lipinski definition) is 1. The lowest BCUT2D eigenvalue weighted by atomic mass is 9.80. The topological polar surface area (TPSA) is 49.2 Å². The van der Waals surface area contributed by atoms with Crippen molar-refractivity contribution in [3.05, 3.63) is 18.1 Å². The van der Waals surface area contributed by atoms with Crippen molar-refractivity contribution in [2.75, 3.05) is 18.0 Å². The Morgan fingerprint density at radius 3 is 2.53 bits per heavy atom. The molecular formula is C13H17F2N3O. The molecule has 0 bridgehead atoms. The van der Waals surface area contributed by atoms with Gasteiger partial charge in [0.25, 0.3) is 5.92 Å². The third kappa shape index (κ3) is 2.68. The van der Waals surface area contributed by atoms with Crippen LogP contribution in [0.15, 0.2) is 12.4 Å². The van der Waals surface area contributed by atoms with E-state index in [1.165, 1.54) is 6.33 Å². The Balaban J connectivity index is 1.70. The monoisotopic (exact) mass is 269 g/mol. The molecule has 2 heterocycles. The largest absolute Gasteiger partial charge is 0.393 e. The average Bonchev–Trinajstić information content (AvgIpc) is 2.35. The summed E-state index contributed by atoms with van der Waals surface area (Å²) in [7, 11) is 0. The van der Waals surface area contributed by atoms with E-state index in [4.69, 9.17) is 0 Å². The summed E-state index contributed by atoms with van der Waals surface area (Å²) in [6.45, 7) is 0.660. The molecule has 4 nitrogen and oxygen atoms in total. The fraction of sp³-hybridized carbons (Fsp3) is 0.692. The highest BCUT2D eigenvalue weighted by Crippen LogP contribution is 2.37. The predicted octanol–water partition coefficient (Wildman–Crippen LogP) is 1.95. The van der Waals surface area contributed by atoms with Crippen molar-refractivity contribution in [2.45, 2.75) is 43.6 Å². The molecule has 2 fully saturated rings. The van der Waals surface area contributed by atoms with E-state index in [1.54, 1.807) is 0 Å². The molecule has 1 saturated carbocycles. The molecule has 0 aromatic carbocycles. The minimum absolute atomic E-state index is 0.117. The van der Waals surface area contributed by atoms with Gasteiger partial charge in [-0.25, -0.2) is 18.7 Å². The minimum atomic E-state index is -2.54. The maximum absolute atomic E-state index is 13.1. The van der Waals surface area contributed by atoms with E-state index in [0.29, 0.717) is 13.1 Å². The third-order valence-corrected chi connectivity index (χ3v) is 4.02. The Morgan fingerprint density at radius 2 is 1.89 bits per heavy atom. The molecule has 2 aliphatic rings. The smallest absolute Gasteiger partial charge is 0.251 e. The minimum Gasteiger partial charge on any atom is -0.393 e. The number of rotatable bonds is 2. The predicted molar refractivity (Wildman–Crippen MR) is 66.4 cm³/mol. The highest BCUT2D eigenvalue weighted by molar-refractivity contribution is 5.40. The van der Waals surface area contributed by atoms with Gasteiger partial charge in [-0.1, -0.05) is 0 Å². The zero-order valence-corrected chi connectivity index (χ0v) is 10.6. The molecule has 1 aromatic heterocycles. The van der Waals surface area contributed by atoms with Gasteiger partial charge in [-0.15, -0.1) is 0 Å². The van der Waals surface area contributed by atoms with Crippen LogP contribution in [0.25, 0.3) is 0 Å². The van der Waals surface area contributed by atoms with E-state index >= 15 is 0 Å². The Labute approximate surface area is 110 Å². The zero-order valence-electron chi connectivity index (χ0n) is 10.6. The van der Waals surface area contributed by atoms with Crippen LogP contribution in [-0.4, -0.2) is 40.2 Å². The number of piperidine rings is 1. The number of nitrogens with zero attached hydrogens (tertiary/aromatic N) is 3. The quantitative estimate of drug-likeness (QED) is 0.891. The lowest BCUT2D eigenvalue weighted by molar-refractivity contribution is -0.0221. The van der Waals surface area contributed by atoms with Crippen LogP contribution < -0.4 is 4.90 Å². The molecule has 1 aliphatic carbocycles. The first-order valence-corrected chi connectivity index (χ1v) is 6.66. The van der Waals surface area contributed by atoms with Crippen molar-refractivity contribution < 1.29 is 13.9 Å². The summed E-state index contributed by atoms with van der Waals surface area (Å²) in [6.07, 6.45) is 2.49. The molecule has 0 spiro atoms. The first-order chi connectivity index (χ1) is 9.03. The maximum atomic E-state index is 13.1. The number of aliphatic hydroxyl groups is 1. The van der Waals surface area contributed by atoms with Gasteiger partial charge in [-0.05, 0) is 12.8 Å². The van der Waals surface area contributed by atoms with Crippen molar-refractivity contribution in [1.82, 2.24) is 9.97 Å². The third-order valence-electron chi connectivity index (χ3n) is 4.02. The highest BCUT2D eigenvalue weighted by atomic mass is 19.3. The molecule has 0 unspecified atom stereocenters. The number of hydrogen-bond acceptors (Lipinski definition) is 4. The van der Waals surface area contributed by atoms with Crippen molar-refractivity contribution in [3.63, 3.8) is 0 Å². The van der Waals surface area contributed by atoms with E-state index in [2.05, 4.69) is 9.97 Å². The van der Waals surface area contributed by atoms with Gasteiger partial charge in [0.05, 0.1) is 6.10 Å². The number of aromatic nitrogens is 2. The summed E-state index contributed by atoms with van der Waals surface area (Å²) in [5, 5.41) is 9.32. The van der Waals surface area contributed by atoms with Gasteiger partial charge in [-0.2, -0.15) is 0 Å². The normalized spacial score (nSPS) is 29.9. The molecule has 3 rings (SSSR count). The van der Waals surface area contributed by atoms with E-state index in [-0.39, 0.29) is 24.9 Å². The van der Waals surface area contributed by atoms with Gasteiger partial charge in [0, 0.05) is 43.6 Å². The van der Waals surface area contributed by atoms with Gasteiger partial charge in [-0.3, -0.25) is 0 Å². The Kier molecular flexibility index (Phi) is 3.12. The Bertz CT molecular complexity index is 453. The van der Waals surface area contributed by atoms with Crippen LogP contribution in [0.3, 0.4) is 0 Å². The van der Waals surface area contributed by atoms with E-state index in [9.17, 15) is 13.9 Å². The lowest BCUT2D eigenvalue weighted by Gasteiger charge is -2.34.